The number of fused-ring (bicyclic) bond motifs is 9. The summed E-state index contributed by atoms with van der Waals surface area (Å²) in [5.74, 6) is 0.863. The summed E-state index contributed by atoms with van der Waals surface area (Å²) in [5.41, 5.74) is 11.7. The van der Waals surface area contributed by atoms with E-state index in [2.05, 4.69) is 137 Å². The van der Waals surface area contributed by atoms with Crippen molar-refractivity contribution in [2.24, 2.45) is 0 Å². The van der Waals surface area contributed by atoms with Gasteiger partial charge in [0, 0.05) is 33.0 Å². The molecule has 0 radical (unpaired) electrons. The van der Waals surface area contributed by atoms with Crippen molar-refractivity contribution in [1.29, 1.82) is 0 Å². The predicted molar refractivity (Wildman–Crippen MR) is 192 cm³/mol. The molecular weight excluding hydrogens is 579 g/mol. The number of nitrogens with zero attached hydrogens (tertiary/aromatic N) is 3. The highest BCUT2D eigenvalue weighted by atomic mass is 32.2. The summed E-state index contributed by atoms with van der Waals surface area (Å²) in [4.78, 5) is 11.9. The van der Waals surface area contributed by atoms with E-state index in [0.717, 1.165) is 27.8 Å². The monoisotopic (exact) mass is 605 g/mol. The van der Waals surface area contributed by atoms with E-state index in [1.54, 1.807) is 0 Å². The molecule has 0 unspecified atom stereocenters. The number of rotatable bonds is 2. The summed E-state index contributed by atoms with van der Waals surface area (Å²) in [5, 5.41) is 2.27. The van der Waals surface area contributed by atoms with E-state index in [4.69, 9.17) is 4.98 Å². The van der Waals surface area contributed by atoms with Gasteiger partial charge < -0.3 is 0 Å². The van der Waals surface area contributed by atoms with Gasteiger partial charge in [0.1, 0.15) is 11.5 Å². The second-order valence-corrected chi connectivity index (χ2v) is 12.5. The molecule has 3 aromatic heterocycles. The lowest BCUT2D eigenvalue weighted by Crippen LogP contribution is -1.97. The van der Waals surface area contributed by atoms with E-state index >= 15 is 0 Å². The number of hydrogen-bond acceptors (Lipinski definition) is 3. The number of pyridine rings is 2. The molecule has 4 heteroatoms. The topological polar surface area (TPSA) is 30.7 Å². The van der Waals surface area contributed by atoms with Crippen LogP contribution in [0.3, 0.4) is 0 Å². The normalized spacial score (nSPS) is 12.2. The van der Waals surface area contributed by atoms with Gasteiger partial charge in [0.25, 0.3) is 0 Å². The van der Waals surface area contributed by atoms with Crippen LogP contribution in [0, 0.1) is 0 Å². The van der Waals surface area contributed by atoms with Crippen LogP contribution in [0.25, 0.3) is 73.3 Å². The molecule has 1 aliphatic rings. The van der Waals surface area contributed by atoms with Crippen LogP contribution in [0.1, 0.15) is 11.1 Å². The summed E-state index contributed by atoms with van der Waals surface area (Å²) >= 11 is 1.84. The minimum atomic E-state index is 0.863. The molecule has 216 valence electrons. The summed E-state index contributed by atoms with van der Waals surface area (Å²) < 4.78 is 2.15. The Bertz CT molecular complexity index is 2460. The van der Waals surface area contributed by atoms with Crippen LogP contribution in [-0.2, 0) is 0 Å². The fraction of sp³-hybridized carbons (Fsp3) is 0. The highest BCUT2D eigenvalue weighted by molar-refractivity contribution is 7.99. The predicted octanol–water partition coefficient (Wildman–Crippen LogP) is 11.2. The Hall–Kier alpha value is -5.71. The molecule has 9 rings (SSSR count). The minimum absolute atomic E-state index is 0.863. The molecule has 46 heavy (non-hydrogen) atoms. The van der Waals surface area contributed by atoms with Crippen LogP contribution in [0.4, 0.5) is 0 Å². The van der Waals surface area contributed by atoms with Crippen molar-refractivity contribution < 1.29 is 0 Å². The Labute approximate surface area is 271 Å². The lowest BCUT2D eigenvalue weighted by Gasteiger charge is -2.15. The maximum atomic E-state index is 4.77. The average molecular weight is 606 g/mol. The van der Waals surface area contributed by atoms with Crippen molar-refractivity contribution >= 4 is 45.9 Å². The number of hydrogen-bond donors (Lipinski definition) is 0. The molecule has 4 heterocycles. The first-order valence-corrected chi connectivity index (χ1v) is 16.2. The number of aromatic nitrogens is 3. The van der Waals surface area contributed by atoms with Crippen LogP contribution < -0.4 is 0 Å². The second-order valence-electron chi connectivity index (χ2n) is 11.4. The summed E-state index contributed by atoms with van der Waals surface area (Å²) in [6, 6.07) is 49.9. The molecule has 1 aliphatic heterocycles. The number of benzene rings is 5. The minimum Gasteiger partial charge on any atom is -0.278 e. The fourth-order valence-electron chi connectivity index (χ4n) is 6.60. The van der Waals surface area contributed by atoms with Gasteiger partial charge in [0.05, 0.1) is 5.52 Å². The van der Waals surface area contributed by atoms with E-state index in [0.29, 0.717) is 0 Å². The van der Waals surface area contributed by atoms with Crippen molar-refractivity contribution in [2.45, 2.75) is 9.79 Å². The van der Waals surface area contributed by atoms with E-state index < -0.39 is 0 Å². The van der Waals surface area contributed by atoms with Crippen LogP contribution in [-0.4, -0.2) is 14.5 Å². The van der Waals surface area contributed by atoms with Gasteiger partial charge in [-0.3, -0.25) is 4.57 Å². The molecule has 5 aromatic carbocycles. The van der Waals surface area contributed by atoms with Crippen molar-refractivity contribution in [3.8, 4) is 39.2 Å². The third-order valence-electron chi connectivity index (χ3n) is 8.77. The van der Waals surface area contributed by atoms with Crippen molar-refractivity contribution in [3.63, 3.8) is 0 Å². The molecule has 0 amide bonds. The van der Waals surface area contributed by atoms with Crippen LogP contribution in [0.5, 0.6) is 0 Å². The van der Waals surface area contributed by atoms with Crippen molar-refractivity contribution in [2.75, 3.05) is 0 Å². The zero-order chi connectivity index (χ0) is 30.5. The van der Waals surface area contributed by atoms with E-state index in [1.165, 1.54) is 54.3 Å². The van der Waals surface area contributed by atoms with Gasteiger partial charge in [0.2, 0.25) is 0 Å². The Morgan fingerprint density at radius 2 is 1.11 bits per heavy atom. The van der Waals surface area contributed by atoms with Gasteiger partial charge in [-0.1, -0.05) is 109 Å². The Morgan fingerprint density at radius 1 is 0.457 bits per heavy atom. The standard InChI is InChI=1S/C42H27N3S/c1-2-11-32-28(10-1)18-19-29-20-21-30(26-36(29)34-13-4-6-16-40(34)46-39-15-5-3-12-33(32)39)31-22-23-38-37(27-31)35-14-9-25-44-42(35)45(38)41-17-7-8-24-43-41/h1-27H. The van der Waals surface area contributed by atoms with Gasteiger partial charge in [-0.05, 0) is 99.1 Å². The lowest BCUT2D eigenvalue weighted by molar-refractivity contribution is 1.06. The average Bonchev–Trinajstić information content (AvgIpc) is 3.44. The third kappa shape index (κ3) is 4.46. The molecular formula is C42H27N3S. The molecule has 0 saturated heterocycles. The van der Waals surface area contributed by atoms with Crippen molar-refractivity contribution in [3.05, 3.63) is 163 Å². The third-order valence-corrected chi connectivity index (χ3v) is 9.92. The quantitative estimate of drug-likeness (QED) is 0.196. The van der Waals surface area contributed by atoms with E-state index in [1.807, 2.05) is 48.4 Å². The van der Waals surface area contributed by atoms with Crippen LogP contribution >= 0.6 is 11.8 Å². The maximum Gasteiger partial charge on any atom is 0.146 e. The molecule has 0 spiro atoms. The van der Waals surface area contributed by atoms with Gasteiger partial charge >= 0.3 is 0 Å². The SMILES string of the molecule is C1=Cc2ccc(-c3ccc4c(c3)c3cccnc3n4-c3ccccn3)cc2-c2ccccc2Sc2ccccc2-c2ccccc21. The highest BCUT2D eigenvalue weighted by Crippen LogP contribution is 2.44. The van der Waals surface area contributed by atoms with Gasteiger partial charge in [0.15, 0.2) is 0 Å². The Balaban J connectivity index is 1.24. The first-order valence-electron chi connectivity index (χ1n) is 15.4. The van der Waals surface area contributed by atoms with Crippen LogP contribution in [0.2, 0.25) is 0 Å². The Morgan fingerprint density at radius 3 is 1.91 bits per heavy atom. The smallest absolute Gasteiger partial charge is 0.146 e. The largest absolute Gasteiger partial charge is 0.278 e. The van der Waals surface area contributed by atoms with Crippen molar-refractivity contribution in [1.82, 2.24) is 14.5 Å². The molecule has 3 nitrogen and oxygen atoms in total. The summed E-state index contributed by atoms with van der Waals surface area (Å²) in [6.45, 7) is 0. The van der Waals surface area contributed by atoms with E-state index in [-0.39, 0.29) is 0 Å². The van der Waals surface area contributed by atoms with Crippen LogP contribution in [0.15, 0.2) is 162 Å². The molecule has 0 fully saturated rings. The molecule has 0 N–H and O–H groups in total. The zero-order valence-electron chi connectivity index (χ0n) is 24.8. The zero-order valence-corrected chi connectivity index (χ0v) is 25.7. The molecule has 0 aliphatic carbocycles. The first-order chi connectivity index (χ1) is 22.8. The van der Waals surface area contributed by atoms with Gasteiger partial charge in [-0.2, -0.15) is 0 Å². The Kier molecular flexibility index (Phi) is 6.39. The van der Waals surface area contributed by atoms with Gasteiger partial charge in [-0.25, -0.2) is 9.97 Å². The van der Waals surface area contributed by atoms with Gasteiger partial charge in [-0.15, -0.1) is 0 Å². The highest BCUT2D eigenvalue weighted by Gasteiger charge is 2.18. The second kappa shape index (κ2) is 11.0. The lowest BCUT2D eigenvalue weighted by atomic mass is 9.93. The maximum absolute atomic E-state index is 4.77. The summed E-state index contributed by atoms with van der Waals surface area (Å²) in [6.07, 6.45) is 8.21. The summed E-state index contributed by atoms with van der Waals surface area (Å²) in [7, 11) is 0. The molecule has 0 saturated carbocycles. The first kappa shape index (κ1) is 26.7. The molecule has 0 bridgehead atoms. The fourth-order valence-corrected chi connectivity index (χ4v) is 7.71. The molecule has 0 atom stereocenters. The molecule has 8 aromatic rings. The van der Waals surface area contributed by atoms with E-state index in [9.17, 15) is 0 Å².